The van der Waals surface area contributed by atoms with E-state index in [0.29, 0.717) is 5.69 Å². The molecule has 1 atom stereocenters. The summed E-state index contributed by atoms with van der Waals surface area (Å²) in [5.41, 5.74) is 0.456. The molecule has 0 spiro atoms. The van der Waals surface area contributed by atoms with Crippen molar-refractivity contribution in [1.82, 2.24) is 20.1 Å². The van der Waals surface area contributed by atoms with E-state index < -0.39 is 11.9 Å². The van der Waals surface area contributed by atoms with Gasteiger partial charge < -0.3 is 5.32 Å². The first-order valence-corrected chi connectivity index (χ1v) is 6.78. The first-order chi connectivity index (χ1) is 9.95. The molecular weight excluding hydrogens is 281 g/mol. The van der Waals surface area contributed by atoms with E-state index in [2.05, 4.69) is 15.4 Å². The third kappa shape index (κ3) is 3.60. The maximum absolute atomic E-state index is 12.5. The normalized spacial score (nSPS) is 13.4. The summed E-state index contributed by atoms with van der Waals surface area (Å²) in [6, 6.07) is 4.62. The molecule has 114 valence electrons. The minimum Gasteiger partial charge on any atom is -0.309 e. The molecule has 0 aliphatic heterocycles. The van der Waals surface area contributed by atoms with Crippen LogP contribution in [0.3, 0.4) is 0 Å². The highest BCUT2D eigenvalue weighted by atomic mass is 19.4. The van der Waals surface area contributed by atoms with Gasteiger partial charge in [-0.2, -0.15) is 18.3 Å². The fourth-order valence-electron chi connectivity index (χ4n) is 2.06. The molecule has 2 aromatic heterocycles. The maximum atomic E-state index is 12.5. The zero-order valence-electron chi connectivity index (χ0n) is 11.9. The number of alkyl halides is 3. The quantitative estimate of drug-likeness (QED) is 0.920. The molecule has 0 saturated carbocycles. The Labute approximate surface area is 121 Å². The third-order valence-electron chi connectivity index (χ3n) is 3.13. The number of halogens is 3. The molecule has 21 heavy (non-hydrogen) atoms. The van der Waals surface area contributed by atoms with E-state index in [-0.39, 0.29) is 6.04 Å². The Kier molecular flexibility index (Phi) is 4.62. The lowest BCUT2D eigenvalue weighted by Gasteiger charge is -2.15. The number of rotatable bonds is 5. The van der Waals surface area contributed by atoms with Crippen LogP contribution in [0.5, 0.6) is 0 Å². The van der Waals surface area contributed by atoms with Crippen LogP contribution in [0, 0.1) is 0 Å². The predicted molar refractivity (Wildman–Crippen MR) is 73.1 cm³/mol. The Bertz CT molecular complexity index is 575. The average molecular weight is 298 g/mol. The summed E-state index contributed by atoms with van der Waals surface area (Å²) in [7, 11) is 0. The molecule has 2 aromatic rings. The van der Waals surface area contributed by atoms with Crippen LogP contribution in [-0.2, 0) is 6.18 Å². The number of hydrogen-bond acceptors (Lipinski definition) is 3. The summed E-state index contributed by atoms with van der Waals surface area (Å²) in [6.45, 7) is 4.89. The summed E-state index contributed by atoms with van der Waals surface area (Å²) in [5.74, 6) is 0. The highest BCUT2D eigenvalue weighted by Gasteiger charge is 2.33. The van der Waals surface area contributed by atoms with E-state index >= 15 is 0 Å². The van der Waals surface area contributed by atoms with Crippen molar-refractivity contribution in [3.05, 3.63) is 42.0 Å². The minimum atomic E-state index is -4.43. The standard InChI is InChI=1S/C14H17F3N4/c1-3-11(18-4-2)12-6-5-10(9-19-12)21-8-7-13(20-21)14(15,16)17/h5-9,11,18H,3-4H2,1-2H3. The van der Waals surface area contributed by atoms with Gasteiger partial charge in [-0.1, -0.05) is 13.8 Å². The molecule has 0 radical (unpaired) electrons. The van der Waals surface area contributed by atoms with Crippen molar-refractivity contribution in [2.45, 2.75) is 32.5 Å². The molecule has 0 fully saturated rings. The fourth-order valence-corrected chi connectivity index (χ4v) is 2.06. The van der Waals surface area contributed by atoms with Crippen LogP contribution in [0.1, 0.15) is 37.7 Å². The van der Waals surface area contributed by atoms with Gasteiger partial charge in [0.05, 0.1) is 17.6 Å². The molecule has 2 rings (SSSR count). The summed E-state index contributed by atoms with van der Waals surface area (Å²) in [5, 5.41) is 6.82. The lowest BCUT2D eigenvalue weighted by molar-refractivity contribution is -0.141. The van der Waals surface area contributed by atoms with E-state index in [4.69, 9.17) is 0 Å². The van der Waals surface area contributed by atoms with E-state index in [1.54, 1.807) is 12.1 Å². The zero-order chi connectivity index (χ0) is 15.5. The van der Waals surface area contributed by atoms with E-state index in [1.807, 2.05) is 13.8 Å². The number of pyridine rings is 1. The van der Waals surface area contributed by atoms with Crippen molar-refractivity contribution in [3.63, 3.8) is 0 Å². The van der Waals surface area contributed by atoms with Gasteiger partial charge in [0.2, 0.25) is 0 Å². The van der Waals surface area contributed by atoms with Crippen LogP contribution in [0.2, 0.25) is 0 Å². The van der Waals surface area contributed by atoms with Gasteiger partial charge in [0.1, 0.15) is 0 Å². The molecule has 0 aromatic carbocycles. The van der Waals surface area contributed by atoms with Crippen molar-refractivity contribution in [1.29, 1.82) is 0 Å². The second-order valence-electron chi connectivity index (χ2n) is 4.60. The van der Waals surface area contributed by atoms with Crippen molar-refractivity contribution in [2.24, 2.45) is 0 Å². The van der Waals surface area contributed by atoms with E-state index in [1.165, 1.54) is 17.1 Å². The Balaban J connectivity index is 2.21. The molecule has 0 bridgehead atoms. The van der Waals surface area contributed by atoms with Gasteiger partial charge >= 0.3 is 6.18 Å². The number of aromatic nitrogens is 3. The second kappa shape index (κ2) is 6.26. The van der Waals surface area contributed by atoms with Crippen molar-refractivity contribution >= 4 is 0 Å². The van der Waals surface area contributed by atoms with E-state index in [0.717, 1.165) is 24.7 Å². The van der Waals surface area contributed by atoms with Gasteiger partial charge in [0.15, 0.2) is 5.69 Å². The average Bonchev–Trinajstić information content (AvgIpc) is 2.95. The molecule has 4 nitrogen and oxygen atoms in total. The van der Waals surface area contributed by atoms with Crippen molar-refractivity contribution < 1.29 is 13.2 Å². The largest absolute Gasteiger partial charge is 0.435 e. The van der Waals surface area contributed by atoms with Gasteiger partial charge in [0.25, 0.3) is 0 Å². The van der Waals surface area contributed by atoms with Gasteiger partial charge in [0, 0.05) is 12.2 Å². The molecular formula is C14H17F3N4. The summed E-state index contributed by atoms with van der Waals surface area (Å²) in [4.78, 5) is 4.31. The smallest absolute Gasteiger partial charge is 0.309 e. The molecule has 1 N–H and O–H groups in total. The summed E-state index contributed by atoms with van der Waals surface area (Å²) < 4.78 is 38.7. The van der Waals surface area contributed by atoms with Crippen LogP contribution >= 0.6 is 0 Å². The van der Waals surface area contributed by atoms with Gasteiger partial charge in [-0.05, 0) is 31.2 Å². The highest BCUT2D eigenvalue weighted by molar-refractivity contribution is 5.30. The van der Waals surface area contributed by atoms with Crippen LogP contribution in [0.4, 0.5) is 13.2 Å². The summed E-state index contributed by atoms with van der Waals surface area (Å²) >= 11 is 0. The Morgan fingerprint density at radius 2 is 2.00 bits per heavy atom. The maximum Gasteiger partial charge on any atom is 0.435 e. The first kappa shape index (κ1) is 15.5. The lowest BCUT2D eigenvalue weighted by Crippen LogP contribution is -2.21. The zero-order valence-corrected chi connectivity index (χ0v) is 11.9. The van der Waals surface area contributed by atoms with Crippen LogP contribution in [0.25, 0.3) is 5.69 Å². The highest BCUT2D eigenvalue weighted by Crippen LogP contribution is 2.27. The van der Waals surface area contributed by atoms with Gasteiger partial charge in [-0.15, -0.1) is 0 Å². The predicted octanol–water partition coefficient (Wildman–Crippen LogP) is 3.35. The number of nitrogens with zero attached hydrogens (tertiary/aromatic N) is 3. The van der Waals surface area contributed by atoms with Crippen LogP contribution in [0.15, 0.2) is 30.6 Å². The fraction of sp³-hybridized carbons (Fsp3) is 0.429. The molecule has 2 heterocycles. The van der Waals surface area contributed by atoms with Crippen molar-refractivity contribution in [2.75, 3.05) is 6.54 Å². The summed E-state index contributed by atoms with van der Waals surface area (Å²) in [6.07, 6.45) is -0.735. The molecule has 0 aliphatic carbocycles. The molecule has 0 saturated heterocycles. The Hall–Kier alpha value is -1.89. The lowest BCUT2D eigenvalue weighted by atomic mass is 10.1. The molecule has 0 amide bonds. The third-order valence-corrected chi connectivity index (χ3v) is 3.13. The molecule has 1 unspecified atom stereocenters. The first-order valence-electron chi connectivity index (χ1n) is 6.78. The van der Waals surface area contributed by atoms with Gasteiger partial charge in [-0.25, -0.2) is 4.68 Å². The Morgan fingerprint density at radius 3 is 2.48 bits per heavy atom. The van der Waals surface area contributed by atoms with Crippen LogP contribution in [-0.4, -0.2) is 21.3 Å². The molecule has 7 heteroatoms. The van der Waals surface area contributed by atoms with E-state index in [9.17, 15) is 13.2 Å². The number of hydrogen-bond donors (Lipinski definition) is 1. The van der Waals surface area contributed by atoms with Crippen molar-refractivity contribution in [3.8, 4) is 5.69 Å². The number of nitrogens with one attached hydrogen (secondary N) is 1. The Morgan fingerprint density at radius 1 is 1.24 bits per heavy atom. The van der Waals surface area contributed by atoms with Crippen LogP contribution < -0.4 is 5.32 Å². The minimum absolute atomic E-state index is 0.146. The van der Waals surface area contributed by atoms with Gasteiger partial charge in [-0.3, -0.25) is 4.98 Å². The SMILES string of the molecule is CCNC(CC)c1ccc(-n2ccc(C(F)(F)F)n2)cn1. The second-order valence-corrected chi connectivity index (χ2v) is 4.60. The topological polar surface area (TPSA) is 42.7 Å². The molecule has 0 aliphatic rings. The monoisotopic (exact) mass is 298 g/mol.